The van der Waals surface area contributed by atoms with E-state index >= 15 is 0 Å². The molecule has 0 atom stereocenters. The van der Waals surface area contributed by atoms with E-state index < -0.39 is 24.0 Å². The smallest absolute Gasteiger partial charge is 0.216 e. The Morgan fingerprint density at radius 3 is 2.59 bits per heavy atom. The standard InChI is InChI=1S/C31H27N2O/c1-20-12-13-25-27-17-21(19-32)16-26(23-10-4-3-5-11-23)30(27)34-31(25)29(20)28-18-24(14-15-33(28)2)22-8-6-7-9-22/h3-5,10-18,22H,6-9H2,1-2H3/q+1/i3D,4D,5D,10D,11D,22D. The number of hydrogen-bond acceptors (Lipinski definition) is 2. The maximum atomic E-state index is 9.84. The van der Waals surface area contributed by atoms with Gasteiger partial charge in [-0.05, 0) is 54.5 Å². The minimum absolute atomic E-state index is 0.00429. The molecular weight excluding hydrogens is 416 g/mol. The van der Waals surface area contributed by atoms with Crippen LogP contribution in [0.1, 0.15) is 56.5 Å². The largest absolute Gasteiger partial charge is 0.454 e. The van der Waals surface area contributed by atoms with E-state index in [0.29, 0.717) is 22.1 Å². The van der Waals surface area contributed by atoms with Crippen molar-refractivity contribution in [2.24, 2.45) is 7.05 Å². The van der Waals surface area contributed by atoms with Gasteiger partial charge in [-0.3, -0.25) is 0 Å². The molecule has 1 saturated carbocycles. The van der Waals surface area contributed by atoms with Crippen molar-refractivity contribution in [3.63, 3.8) is 0 Å². The van der Waals surface area contributed by atoms with Gasteiger partial charge in [0.05, 0.1) is 24.0 Å². The lowest BCUT2D eigenvalue weighted by atomic mass is 9.94. The van der Waals surface area contributed by atoms with Gasteiger partial charge >= 0.3 is 0 Å². The second-order valence-electron chi connectivity index (χ2n) is 8.97. The lowest BCUT2D eigenvalue weighted by Gasteiger charge is -2.11. The Balaban J connectivity index is 1.70. The minimum atomic E-state index is -0.617. The van der Waals surface area contributed by atoms with E-state index in [2.05, 4.69) is 12.1 Å². The SMILES string of the molecule is [2H]c1c([2H])c([2H])c(-c2cc(C#N)cc3c2oc2c(-c4cc(C5([2H])CCCC5)cc[n+]4C)c(C)ccc23)c([2H])c1[2H]. The molecule has 2 aromatic heterocycles. The number of hydrogen-bond donors (Lipinski definition) is 0. The van der Waals surface area contributed by atoms with Crippen LogP contribution in [0.3, 0.4) is 0 Å². The molecule has 0 bridgehead atoms. The summed E-state index contributed by atoms with van der Waals surface area (Å²) in [5.41, 5.74) is 5.18. The van der Waals surface area contributed by atoms with Crippen LogP contribution in [0.4, 0.5) is 0 Å². The molecule has 0 amide bonds. The Morgan fingerprint density at radius 2 is 1.82 bits per heavy atom. The van der Waals surface area contributed by atoms with Gasteiger partial charge in [0, 0.05) is 29.8 Å². The highest BCUT2D eigenvalue weighted by molar-refractivity contribution is 6.13. The number of fused-ring (bicyclic) bond motifs is 3. The molecule has 1 aliphatic carbocycles. The van der Waals surface area contributed by atoms with E-state index in [-0.39, 0.29) is 23.2 Å². The first-order valence-electron chi connectivity index (χ1n) is 14.5. The normalized spacial score (nSPS) is 17.6. The number of benzene rings is 3. The molecule has 166 valence electrons. The van der Waals surface area contributed by atoms with E-state index in [1.807, 2.05) is 42.9 Å². The van der Waals surface area contributed by atoms with Gasteiger partial charge in [-0.15, -0.1) is 0 Å². The zero-order valence-corrected chi connectivity index (χ0v) is 19.2. The Hall–Kier alpha value is -3.90. The van der Waals surface area contributed by atoms with Crippen molar-refractivity contribution >= 4 is 21.9 Å². The van der Waals surface area contributed by atoms with E-state index in [1.54, 1.807) is 6.07 Å². The lowest BCUT2D eigenvalue weighted by molar-refractivity contribution is -0.660. The summed E-state index contributed by atoms with van der Waals surface area (Å²) in [7, 11) is 1.96. The van der Waals surface area contributed by atoms with Gasteiger partial charge in [-0.1, -0.05) is 55.2 Å². The van der Waals surface area contributed by atoms with E-state index in [1.165, 1.54) is 6.07 Å². The van der Waals surface area contributed by atoms with Gasteiger partial charge in [0.2, 0.25) is 5.69 Å². The predicted molar refractivity (Wildman–Crippen MR) is 136 cm³/mol. The van der Waals surface area contributed by atoms with Crippen molar-refractivity contribution in [1.82, 2.24) is 0 Å². The first-order valence-corrected chi connectivity index (χ1v) is 11.5. The minimum Gasteiger partial charge on any atom is -0.454 e. The Bertz CT molecular complexity index is 1890. The summed E-state index contributed by atoms with van der Waals surface area (Å²) in [6.07, 6.45) is 5.71. The lowest BCUT2D eigenvalue weighted by Crippen LogP contribution is -2.31. The third-order valence-electron chi connectivity index (χ3n) is 6.87. The molecular formula is C31H27N2O+. The highest BCUT2D eigenvalue weighted by Gasteiger charge is 2.25. The number of aryl methyl sites for hydroxylation is 2. The van der Waals surface area contributed by atoms with E-state index in [4.69, 9.17) is 12.6 Å². The van der Waals surface area contributed by atoms with Crippen LogP contribution in [0.5, 0.6) is 0 Å². The Morgan fingerprint density at radius 1 is 1.03 bits per heavy atom. The molecule has 34 heavy (non-hydrogen) atoms. The molecule has 0 radical (unpaired) electrons. The van der Waals surface area contributed by atoms with Gasteiger partial charge < -0.3 is 4.42 Å². The second-order valence-corrected chi connectivity index (χ2v) is 8.97. The molecule has 3 nitrogen and oxygen atoms in total. The summed E-state index contributed by atoms with van der Waals surface area (Å²) in [6, 6.07) is 11.3. The van der Waals surface area contributed by atoms with Crippen LogP contribution in [0.25, 0.3) is 44.3 Å². The maximum absolute atomic E-state index is 9.84. The summed E-state index contributed by atoms with van der Waals surface area (Å²) in [5.74, 6) is -0.617. The quantitative estimate of drug-likeness (QED) is 0.266. The van der Waals surface area contributed by atoms with Crippen molar-refractivity contribution in [3.8, 4) is 28.5 Å². The van der Waals surface area contributed by atoms with Gasteiger partial charge in [-0.25, -0.2) is 4.57 Å². The van der Waals surface area contributed by atoms with Crippen molar-refractivity contribution in [2.45, 2.75) is 38.5 Å². The van der Waals surface area contributed by atoms with Crippen LogP contribution in [0.2, 0.25) is 0 Å². The second kappa shape index (κ2) is 8.15. The molecule has 1 fully saturated rings. The number of aromatic nitrogens is 1. The fraction of sp³-hybridized carbons (Fsp3) is 0.226. The van der Waals surface area contributed by atoms with Gasteiger partial charge in [0.25, 0.3) is 0 Å². The monoisotopic (exact) mass is 449 g/mol. The fourth-order valence-corrected chi connectivity index (χ4v) is 5.12. The topological polar surface area (TPSA) is 40.8 Å². The number of nitriles is 1. The summed E-state index contributed by atoms with van der Waals surface area (Å²) >= 11 is 0. The van der Waals surface area contributed by atoms with Crippen molar-refractivity contribution < 1.29 is 17.2 Å². The summed E-state index contributed by atoms with van der Waals surface area (Å²) in [5, 5.41) is 11.2. The molecule has 0 N–H and O–H groups in total. The zero-order valence-electron chi connectivity index (χ0n) is 25.2. The molecule has 0 saturated heterocycles. The van der Waals surface area contributed by atoms with Crippen molar-refractivity contribution in [1.29, 1.82) is 5.26 Å². The average Bonchev–Trinajstić information content (AvgIpc) is 3.55. The average molecular weight is 450 g/mol. The van der Waals surface area contributed by atoms with Gasteiger partial charge in [0.15, 0.2) is 6.20 Å². The zero-order chi connectivity index (χ0) is 28.5. The van der Waals surface area contributed by atoms with Crippen molar-refractivity contribution in [2.75, 3.05) is 0 Å². The fourth-order valence-electron chi connectivity index (χ4n) is 5.12. The molecule has 5 aromatic rings. The van der Waals surface area contributed by atoms with E-state index in [9.17, 15) is 5.26 Å². The van der Waals surface area contributed by atoms with E-state index in [0.717, 1.165) is 53.5 Å². The van der Waals surface area contributed by atoms with Crippen LogP contribution in [0.15, 0.2) is 77.2 Å². The maximum Gasteiger partial charge on any atom is 0.216 e. The third kappa shape index (κ3) is 3.30. The molecule has 0 spiro atoms. The van der Waals surface area contributed by atoms with Gasteiger partial charge in [-0.2, -0.15) is 5.26 Å². The Labute approximate surface area is 208 Å². The summed E-state index contributed by atoms with van der Waals surface area (Å²) in [6.45, 7) is 2.00. The van der Waals surface area contributed by atoms with Crippen LogP contribution >= 0.6 is 0 Å². The predicted octanol–water partition coefficient (Wildman–Crippen LogP) is 7.58. The first-order chi connectivity index (χ1) is 19.1. The Kier molecular flexibility index (Phi) is 3.62. The van der Waals surface area contributed by atoms with Crippen LogP contribution in [0, 0.1) is 18.3 Å². The van der Waals surface area contributed by atoms with Crippen molar-refractivity contribution in [3.05, 3.63) is 89.5 Å². The molecule has 0 unspecified atom stereocenters. The number of pyridine rings is 1. The molecule has 1 aliphatic rings. The number of rotatable bonds is 3. The van der Waals surface area contributed by atoms with Crippen LogP contribution < -0.4 is 4.57 Å². The molecule has 3 aromatic carbocycles. The molecule has 0 aliphatic heterocycles. The number of furan rings is 1. The summed E-state index contributed by atoms with van der Waals surface area (Å²) in [4.78, 5) is 0. The van der Waals surface area contributed by atoms with Crippen LogP contribution in [-0.2, 0) is 7.05 Å². The first kappa shape index (κ1) is 15.1. The van der Waals surface area contributed by atoms with Gasteiger partial charge in [0.1, 0.15) is 18.2 Å². The molecule has 2 heterocycles. The highest BCUT2D eigenvalue weighted by Crippen LogP contribution is 2.42. The number of nitrogens with zero attached hydrogens (tertiary/aromatic N) is 2. The molecule has 3 heteroatoms. The summed E-state index contributed by atoms with van der Waals surface area (Å²) < 4.78 is 59.1. The third-order valence-corrected chi connectivity index (χ3v) is 6.87. The van der Waals surface area contributed by atoms with Crippen LogP contribution in [-0.4, -0.2) is 0 Å². The highest BCUT2D eigenvalue weighted by atomic mass is 16.3. The molecule has 6 rings (SSSR count).